The Bertz CT molecular complexity index is 802. The number of likely N-dealkylation sites (tertiary alicyclic amines) is 1. The Balaban J connectivity index is 1.74. The number of piperidine rings is 1. The third kappa shape index (κ3) is 4.43. The van der Waals surface area contributed by atoms with Crippen LogP contribution >= 0.6 is 0 Å². The number of carbonyl (C=O) groups is 3. The van der Waals surface area contributed by atoms with Crippen molar-refractivity contribution >= 4 is 17.8 Å². The number of benzene rings is 1. The maximum Gasteiger partial charge on any atom is 0.328 e. The number of carbonyl (C=O) groups excluding carboxylic acids is 3. The Hall–Kier alpha value is -2.61. The van der Waals surface area contributed by atoms with E-state index in [1.54, 1.807) is 12.0 Å². The number of imide groups is 1. The van der Waals surface area contributed by atoms with E-state index in [0.29, 0.717) is 38.4 Å². The third-order valence-corrected chi connectivity index (χ3v) is 6.09. The molecule has 1 aromatic rings. The highest BCUT2D eigenvalue weighted by molar-refractivity contribution is 6.09. The van der Waals surface area contributed by atoms with Crippen LogP contribution in [0, 0.1) is 5.92 Å². The quantitative estimate of drug-likeness (QED) is 0.652. The largest absolute Gasteiger partial charge is 0.497 e. The first kappa shape index (κ1) is 22.1. The predicted molar refractivity (Wildman–Crippen MR) is 113 cm³/mol. The molecule has 1 aromatic carbocycles. The van der Waals surface area contributed by atoms with E-state index in [1.807, 2.05) is 18.2 Å². The molecular formula is C22H32N4O4. The van der Waals surface area contributed by atoms with Crippen molar-refractivity contribution in [3.05, 3.63) is 29.8 Å². The zero-order chi connectivity index (χ0) is 21.9. The highest BCUT2D eigenvalue weighted by Gasteiger charge is 2.57. The molecule has 164 valence electrons. The Morgan fingerprint density at radius 3 is 2.53 bits per heavy atom. The topological polar surface area (TPSA) is 96.2 Å². The molecule has 1 spiro atoms. The molecule has 2 aliphatic rings. The van der Waals surface area contributed by atoms with Crippen LogP contribution < -0.4 is 10.5 Å². The van der Waals surface area contributed by atoms with E-state index in [2.05, 4.69) is 24.8 Å². The zero-order valence-electron chi connectivity index (χ0n) is 18.1. The van der Waals surface area contributed by atoms with Gasteiger partial charge in [-0.2, -0.15) is 0 Å². The molecule has 0 aromatic heterocycles. The van der Waals surface area contributed by atoms with Gasteiger partial charge in [0.2, 0.25) is 5.91 Å². The number of methoxy groups -OCH3 is 1. The fourth-order valence-electron chi connectivity index (χ4n) is 4.37. The van der Waals surface area contributed by atoms with Crippen molar-refractivity contribution in [3.8, 4) is 5.75 Å². The van der Waals surface area contributed by atoms with Crippen molar-refractivity contribution in [2.75, 3.05) is 33.3 Å². The lowest BCUT2D eigenvalue weighted by atomic mass is 9.85. The van der Waals surface area contributed by atoms with E-state index >= 15 is 0 Å². The summed E-state index contributed by atoms with van der Waals surface area (Å²) < 4.78 is 5.30. The molecule has 0 atom stereocenters. The number of primary amides is 1. The molecule has 0 saturated carbocycles. The molecule has 2 N–H and O–H groups in total. The lowest BCUT2D eigenvalue weighted by Crippen LogP contribution is -2.56. The average Bonchev–Trinajstić information content (AvgIpc) is 2.89. The minimum absolute atomic E-state index is 0.281. The number of hydrogen-bond acceptors (Lipinski definition) is 5. The van der Waals surface area contributed by atoms with Crippen LogP contribution in [0.4, 0.5) is 4.79 Å². The first-order valence-corrected chi connectivity index (χ1v) is 10.5. The first-order chi connectivity index (χ1) is 14.3. The average molecular weight is 417 g/mol. The van der Waals surface area contributed by atoms with Gasteiger partial charge in [0.25, 0.3) is 5.91 Å². The fraction of sp³-hybridized carbons (Fsp3) is 0.591. The van der Waals surface area contributed by atoms with Crippen LogP contribution in [0.15, 0.2) is 24.3 Å². The van der Waals surface area contributed by atoms with Gasteiger partial charge in [0, 0.05) is 26.2 Å². The standard InChI is InChI=1S/C22H32N4O4/c1-16(2)7-10-26-21(29)25(15-19(23)27)20(28)22(26)8-11-24(12-9-22)14-17-5-4-6-18(13-17)30-3/h4-6,13,16H,7-12,14-15H2,1-3H3,(H2,23,27). The van der Waals surface area contributed by atoms with E-state index in [-0.39, 0.29) is 18.5 Å². The first-order valence-electron chi connectivity index (χ1n) is 10.5. The summed E-state index contributed by atoms with van der Waals surface area (Å²) in [6.07, 6.45) is 1.91. The van der Waals surface area contributed by atoms with Gasteiger partial charge in [0.05, 0.1) is 7.11 Å². The zero-order valence-corrected chi connectivity index (χ0v) is 18.1. The van der Waals surface area contributed by atoms with Crippen molar-refractivity contribution in [2.45, 2.75) is 45.2 Å². The van der Waals surface area contributed by atoms with Gasteiger partial charge in [-0.15, -0.1) is 0 Å². The van der Waals surface area contributed by atoms with Crippen LogP contribution in [0.2, 0.25) is 0 Å². The summed E-state index contributed by atoms with van der Waals surface area (Å²) in [6, 6.07) is 7.56. The Kier molecular flexibility index (Phi) is 6.65. The van der Waals surface area contributed by atoms with Gasteiger partial charge in [-0.05, 0) is 42.9 Å². The van der Waals surface area contributed by atoms with Crippen molar-refractivity contribution in [3.63, 3.8) is 0 Å². The SMILES string of the molecule is COc1cccc(CN2CCC3(CC2)C(=O)N(CC(N)=O)C(=O)N3CCC(C)C)c1. The molecule has 30 heavy (non-hydrogen) atoms. The molecule has 0 bridgehead atoms. The lowest BCUT2D eigenvalue weighted by Gasteiger charge is -2.42. The number of hydrogen-bond donors (Lipinski definition) is 1. The fourth-order valence-corrected chi connectivity index (χ4v) is 4.37. The summed E-state index contributed by atoms with van der Waals surface area (Å²) in [5, 5.41) is 0. The molecule has 0 radical (unpaired) electrons. The van der Waals surface area contributed by atoms with E-state index in [9.17, 15) is 14.4 Å². The van der Waals surface area contributed by atoms with Crippen LogP contribution in [0.25, 0.3) is 0 Å². The highest BCUT2D eigenvalue weighted by Crippen LogP contribution is 2.38. The van der Waals surface area contributed by atoms with Crippen LogP contribution in [-0.2, 0) is 16.1 Å². The molecular weight excluding hydrogens is 384 g/mol. The Morgan fingerprint density at radius 1 is 1.23 bits per heavy atom. The predicted octanol–water partition coefficient (Wildman–Crippen LogP) is 1.83. The smallest absolute Gasteiger partial charge is 0.328 e. The molecule has 0 aliphatic carbocycles. The second-order valence-electron chi connectivity index (χ2n) is 8.63. The van der Waals surface area contributed by atoms with Crippen LogP contribution in [0.5, 0.6) is 5.75 Å². The van der Waals surface area contributed by atoms with Crippen molar-refractivity contribution < 1.29 is 19.1 Å². The minimum atomic E-state index is -0.869. The molecule has 0 unspecified atom stereocenters. The van der Waals surface area contributed by atoms with Crippen molar-refractivity contribution in [2.24, 2.45) is 11.7 Å². The maximum atomic E-state index is 13.3. The van der Waals surface area contributed by atoms with E-state index < -0.39 is 11.4 Å². The van der Waals surface area contributed by atoms with Gasteiger partial charge in [-0.3, -0.25) is 19.4 Å². The normalized spacial score (nSPS) is 19.2. The van der Waals surface area contributed by atoms with Gasteiger partial charge in [-0.1, -0.05) is 26.0 Å². The molecule has 3 rings (SSSR count). The summed E-state index contributed by atoms with van der Waals surface area (Å²) >= 11 is 0. The van der Waals surface area contributed by atoms with Crippen LogP contribution in [-0.4, -0.2) is 71.4 Å². The number of nitrogens with zero attached hydrogens (tertiary/aromatic N) is 3. The number of nitrogens with two attached hydrogens (primary N) is 1. The van der Waals surface area contributed by atoms with Gasteiger partial charge >= 0.3 is 6.03 Å². The monoisotopic (exact) mass is 416 g/mol. The number of urea groups is 1. The second kappa shape index (κ2) is 9.04. The number of amides is 4. The molecule has 2 heterocycles. The maximum absolute atomic E-state index is 13.3. The lowest BCUT2D eigenvalue weighted by molar-refractivity contribution is -0.137. The molecule has 2 fully saturated rings. The molecule has 8 nitrogen and oxygen atoms in total. The van der Waals surface area contributed by atoms with Crippen LogP contribution in [0.1, 0.15) is 38.7 Å². The summed E-state index contributed by atoms with van der Waals surface area (Å²) in [7, 11) is 1.65. The van der Waals surface area contributed by atoms with Crippen LogP contribution in [0.3, 0.4) is 0 Å². The Morgan fingerprint density at radius 2 is 1.93 bits per heavy atom. The molecule has 4 amide bonds. The van der Waals surface area contributed by atoms with Crippen molar-refractivity contribution in [1.82, 2.24) is 14.7 Å². The number of ether oxygens (including phenoxy) is 1. The third-order valence-electron chi connectivity index (χ3n) is 6.09. The van der Waals surface area contributed by atoms with E-state index in [0.717, 1.165) is 29.2 Å². The summed E-state index contributed by atoms with van der Waals surface area (Å²) in [4.78, 5) is 42.7. The summed E-state index contributed by atoms with van der Waals surface area (Å²) in [5.41, 5.74) is 5.57. The second-order valence-corrected chi connectivity index (χ2v) is 8.63. The van der Waals surface area contributed by atoms with Gasteiger partial charge in [0.1, 0.15) is 17.8 Å². The van der Waals surface area contributed by atoms with Crippen molar-refractivity contribution in [1.29, 1.82) is 0 Å². The van der Waals surface area contributed by atoms with E-state index in [4.69, 9.17) is 10.5 Å². The number of rotatable bonds is 8. The molecule has 2 aliphatic heterocycles. The van der Waals surface area contributed by atoms with Gasteiger partial charge < -0.3 is 15.4 Å². The molecule has 8 heteroatoms. The Labute approximate surface area is 177 Å². The summed E-state index contributed by atoms with van der Waals surface area (Å²) in [5.74, 6) is 0.270. The van der Waals surface area contributed by atoms with E-state index in [1.165, 1.54) is 0 Å². The molecule has 2 saturated heterocycles. The highest BCUT2D eigenvalue weighted by atomic mass is 16.5. The summed E-state index contributed by atoms with van der Waals surface area (Å²) in [6.45, 7) is 6.47. The van der Waals surface area contributed by atoms with Gasteiger partial charge in [-0.25, -0.2) is 4.79 Å². The minimum Gasteiger partial charge on any atom is -0.497 e. The van der Waals surface area contributed by atoms with Gasteiger partial charge in [0.15, 0.2) is 0 Å².